The van der Waals surface area contributed by atoms with Crippen LogP contribution in [0.15, 0.2) is 29.6 Å². The number of rotatable bonds is 7. The first-order chi connectivity index (χ1) is 13.2. The second-order valence-electron chi connectivity index (χ2n) is 6.35. The number of nitrogens with one attached hydrogen (secondary N) is 2. The number of ketones is 1. The number of hydrogen-bond acceptors (Lipinski definition) is 7. The van der Waals surface area contributed by atoms with Crippen LogP contribution in [0.2, 0.25) is 0 Å². The zero-order valence-corrected chi connectivity index (χ0v) is 16.8. The number of anilines is 2. The van der Waals surface area contributed by atoms with E-state index < -0.39 is 12.1 Å². The lowest BCUT2D eigenvalue weighted by atomic mass is 10.1. The molecule has 0 bridgehead atoms. The van der Waals surface area contributed by atoms with E-state index in [1.165, 1.54) is 19.2 Å². The molecule has 1 aromatic carbocycles. The molecule has 0 saturated heterocycles. The summed E-state index contributed by atoms with van der Waals surface area (Å²) < 4.78 is 5.17. The number of ether oxygens (including phenoxy) is 1. The number of Topliss-reactive ketones (excluding diaryl/α,β-unsaturated/α-hetero) is 1. The normalized spacial score (nSPS) is 11.6. The molecule has 0 aliphatic rings. The van der Waals surface area contributed by atoms with Gasteiger partial charge in [-0.3, -0.25) is 14.4 Å². The van der Waals surface area contributed by atoms with Gasteiger partial charge in [-0.15, -0.1) is 11.3 Å². The highest BCUT2D eigenvalue weighted by Gasteiger charge is 2.22. The summed E-state index contributed by atoms with van der Waals surface area (Å²) in [4.78, 5) is 51.2. The van der Waals surface area contributed by atoms with Crippen molar-refractivity contribution >= 4 is 45.7 Å². The summed E-state index contributed by atoms with van der Waals surface area (Å²) in [6.45, 7) is 6.37. The molecule has 9 heteroatoms. The number of carbonyl (C=O) groups is 4. The molecule has 0 saturated carbocycles. The summed E-state index contributed by atoms with van der Waals surface area (Å²) in [6.07, 6.45) is -1.02. The van der Waals surface area contributed by atoms with Crippen LogP contribution >= 0.6 is 11.3 Å². The van der Waals surface area contributed by atoms with Crippen molar-refractivity contribution in [2.75, 3.05) is 10.6 Å². The second kappa shape index (κ2) is 9.23. The summed E-state index contributed by atoms with van der Waals surface area (Å²) in [5, 5.41) is 6.92. The number of hydrogen-bond donors (Lipinski definition) is 2. The van der Waals surface area contributed by atoms with Crippen molar-refractivity contribution in [1.29, 1.82) is 0 Å². The molecule has 2 N–H and O–H groups in total. The quantitative estimate of drug-likeness (QED) is 0.542. The van der Waals surface area contributed by atoms with Gasteiger partial charge < -0.3 is 15.4 Å². The fraction of sp³-hybridized carbons (Fsp3) is 0.316. The molecule has 2 amide bonds. The zero-order chi connectivity index (χ0) is 20.8. The molecule has 1 unspecified atom stereocenters. The minimum absolute atomic E-state index is 0.0140. The summed E-state index contributed by atoms with van der Waals surface area (Å²) in [5.41, 5.74) is 0.938. The van der Waals surface area contributed by atoms with Crippen LogP contribution in [0.1, 0.15) is 48.5 Å². The Bertz CT molecular complexity index is 889. The van der Waals surface area contributed by atoms with E-state index in [0.29, 0.717) is 11.3 Å². The summed E-state index contributed by atoms with van der Waals surface area (Å²) in [5.74, 6) is -1.71. The summed E-state index contributed by atoms with van der Waals surface area (Å²) >= 11 is 1.08. The number of thiazole rings is 1. The molecule has 0 radical (unpaired) electrons. The number of benzene rings is 1. The molecule has 1 heterocycles. The van der Waals surface area contributed by atoms with Crippen LogP contribution in [0.4, 0.5) is 10.8 Å². The Kier molecular flexibility index (Phi) is 7.00. The number of nitrogens with zero attached hydrogens (tertiary/aromatic N) is 1. The third-order valence-corrected chi connectivity index (χ3v) is 4.37. The van der Waals surface area contributed by atoms with E-state index in [9.17, 15) is 19.2 Å². The van der Waals surface area contributed by atoms with Crippen molar-refractivity contribution in [1.82, 2.24) is 4.98 Å². The number of esters is 1. The molecule has 0 fully saturated rings. The Balaban J connectivity index is 1.98. The van der Waals surface area contributed by atoms with Gasteiger partial charge in [0, 0.05) is 29.5 Å². The van der Waals surface area contributed by atoms with Gasteiger partial charge in [0.2, 0.25) is 17.6 Å². The van der Waals surface area contributed by atoms with Crippen LogP contribution in [0.25, 0.3) is 0 Å². The van der Waals surface area contributed by atoms with E-state index in [4.69, 9.17) is 4.74 Å². The van der Waals surface area contributed by atoms with Gasteiger partial charge in [0.1, 0.15) is 0 Å². The number of amides is 2. The Labute approximate surface area is 166 Å². The van der Waals surface area contributed by atoms with Crippen molar-refractivity contribution in [2.24, 2.45) is 5.92 Å². The lowest BCUT2D eigenvalue weighted by molar-refractivity contribution is -0.119. The first-order valence-corrected chi connectivity index (χ1v) is 9.44. The van der Waals surface area contributed by atoms with Crippen LogP contribution in [0.5, 0.6) is 0 Å². The van der Waals surface area contributed by atoms with E-state index in [-0.39, 0.29) is 34.3 Å². The minimum atomic E-state index is -1.02. The van der Waals surface area contributed by atoms with Crippen molar-refractivity contribution in [3.8, 4) is 0 Å². The maximum atomic E-state index is 12.5. The zero-order valence-electron chi connectivity index (χ0n) is 15.9. The highest BCUT2D eigenvalue weighted by molar-refractivity contribution is 7.14. The average molecular weight is 403 g/mol. The van der Waals surface area contributed by atoms with Crippen LogP contribution in [-0.2, 0) is 14.3 Å². The molecule has 1 atom stereocenters. The van der Waals surface area contributed by atoms with E-state index >= 15 is 0 Å². The maximum Gasteiger partial charge on any atom is 0.358 e. The monoisotopic (exact) mass is 403 g/mol. The highest BCUT2D eigenvalue weighted by Crippen LogP contribution is 2.18. The standard InChI is InChI=1S/C19H21N3O5S/c1-10(2)17(25)21-14-7-5-13(6-8-14)16(24)11(3)27-18(26)15-9-28-19(22-15)20-12(4)23/h5-11H,1-4H3,(H,21,25)(H,20,22,23). The van der Waals surface area contributed by atoms with Crippen molar-refractivity contribution in [2.45, 2.75) is 33.8 Å². The molecule has 0 aliphatic carbocycles. The third kappa shape index (κ3) is 5.71. The van der Waals surface area contributed by atoms with Crippen LogP contribution in [0, 0.1) is 5.92 Å². The van der Waals surface area contributed by atoms with Gasteiger partial charge in [0.05, 0.1) is 0 Å². The molecule has 28 heavy (non-hydrogen) atoms. The van der Waals surface area contributed by atoms with Gasteiger partial charge in [-0.25, -0.2) is 9.78 Å². The summed E-state index contributed by atoms with van der Waals surface area (Å²) in [6, 6.07) is 6.34. The van der Waals surface area contributed by atoms with E-state index in [2.05, 4.69) is 15.6 Å². The van der Waals surface area contributed by atoms with Gasteiger partial charge in [0.25, 0.3) is 0 Å². The van der Waals surface area contributed by atoms with Gasteiger partial charge in [-0.05, 0) is 31.2 Å². The maximum absolute atomic E-state index is 12.5. The van der Waals surface area contributed by atoms with Crippen molar-refractivity contribution in [3.05, 3.63) is 40.9 Å². The Morgan fingerprint density at radius 1 is 1.04 bits per heavy atom. The summed E-state index contributed by atoms with van der Waals surface area (Å²) in [7, 11) is 0. The molecule has 2 aromatic rings. The average Bonchev–Trinajstić information content (AvgIpc) is 3.09. The minimum Gasteiger partial charge on any atom is -0.450 e. The molecule has 0 aliphatic heterocycles. The predicted octanol–water partition coefficient (Wildman–Crippen LogP) is 3.12. The first kappa shape index (κ1) is 21.2. The van der Waals surface area contributed by atoms with Crippen molar-refractivity contribution < 1.29 is 23.9 Å². The lowest BCUT2D eigenvalue weighted by Crippen LogP contribution is -2.24. The topological polar surface area (TPSA) is 114 Å². The third-order valence-electron chi connectivity index (χ3n) is 3.61. The van der Waals surface area contributed by atoms with E-state index in [0.717, 1.165) is 11.3 Å². The van der Waals surface area contributed by atoms with Gasteiger partial charge in [-0.1, -0.05) is 13.8 Å². The fourth-order valence-corrected chi connectivity index (χ4v) is 2.81. The van der Waals surface area contributed by atoms with Crippen molar-refractivity contribution in [3.63, 3.8) is 0 Å². The first-order valence-electron chi connectivity index (χ1n) is 8.56. The van der Waals surface area contributed by atoms with Crippen LogP contribution in [-0.4, -0.2) is 34.7 Å². The Morgan fingerprint density at radius 3 is 2.25 bits per heavy atom. The second-order valence-corrected chi connectivity index (χ2v) is 7.21. The van der Waals surface area contributed by atoms with Crippen LogP contribution < -0.4 is 10.6 Å². The highest BCUT2D eigenvalue weighted by atomic mass is 32.1. The predicted molar refractivity (Wildman–Crippen MR) is 106 cm³/mol. The lowest BCUT2D eigenvalue weighted by Gasteiger charge is -2.12. The smallest absolute Gasteiger partial charge is 0.358 e. The van der Waals surface area contributed by atoms with Gasteiger partial charge in [-0.2, -0.15) is 0 Å². The van der Waals surface area contributed by atoms with E-state index in [1.54, 1.807) is 38.1 Å². The molecule has 1 aromatic heterocycles. The van der Waals surface area contributed by atoms with E-state index in [1.807, 2.05) is 0 Å². The number of aromatic nitrogens is 1. The SMILES string of the molecule is CC(=O)Nc1nc(C(=O)OC(C)C(=O)c2ccc(NC(=O)C(C)C)cc2)cs1. The Hall–Kier alpha value is -3.07. The fourth-order valence-electron chi connectivity index (χ4n) is 2.09. The van der Waals surface area contributed by atoms with Gasteiger partial charge in [0.15, 0.2) is 16.9 Å². The molecule has 148 valence electrons. The molecular weight excluding hydrogens is 382 g/mol. The molecular formula is C19H21N3O5S. The molecule has 8 nitrogen and oxygen atoms in total. The largest absolute Gasteiger partial charge is 0.450 e. The molecule has 2 rings (SSSR count). The van der Waals surface area contributed by atoms with Crippen LogP contribution in [0.3, 0.4) is 0 Å². The molecule has 0 spiro atoms. The van der Waals surface area contributed by atoms with Gasteiger partial charge >= 0.3 is 5.97 Å². The number of carbonyl (C=O) groups excluding carboxylic acids is 4. The Morgan fingerprint density at radius 2 is 1.68 bits per heavy atom.